The highest BCUT2D eigenvalue weighted by atomic mass is 16.5. The van der Waals surface area contributed by atoms with Crippen LogP contribution in [-0.4, -0.2) is 13.0 Å². The zero-order chi connectivity index (χ0) is 14.6. The molecule has 0 saturated carbocycles. The molecule has 1 unspecified atom stereocenters. The quantitative estimate of drug-likeness (QED) is 0.877. The number of hydrogen-bond donors (Lipinski definition) is 2. The Kier molecular flexibility index (Phi) is 3.94. The summed E-state index contributed by atoms with van der Waals surface area (Å²) in [4.78, 5) is 11.9. The van der Waals surface area contributed by atoms with Crippen molar-refractivity contribution in [2.45, 2.75) is 12.5 Å². The molecule has 0 saturated heterocycles. The van der Waals surface area contributed by atoms with Crippen LogP contribution in [0.5, 0.6) is 5.75 Å². The van der Waals surface area contributed by atoms with E-state index in [9.17, 15) is 4.79 Å². The van der Waals surface area contributed by atoms with Crippen LogP contribution in [0.25, 0.3) is 0 Å². The zero-order valence-corrected chi connectivity index (χ0v) is 11.6. The summed E-state index contributed by atoms with van der Waals surface area (Å²) in [6.07, 6.45) is 0. The number of methoxy groups -OCH3 is 1. The molecule has 3 N–H and O–H groups in total. The van der Waals surface area contributed by atoms with E-state index in [2.05, 4.69) is 5.32 Å². The largest absolute Gasteiger partial charge is 0.497 e. The van der Waals surface area contributed by atoms with E-state index in [-0.39, 0.29) is 0 Å². The third-order valence-corrected chi connectivity index (χ3v) is 3.31. The van der Waals surface area contributed by atoms with Gasteiger partial charge in [-0.15, -0.1) is 0 Å². The second-order valence-electron chi connectivity index (χ2n) is 4.71. The summed E-state index contributed by atoms with van der Waals surface area (Å²) >= 11 is 0. The number of primary amides is 1. The van der Waals surface area contributed by atoms with Crippen LogP contribution < -0.4 is 15.8 Å². The number of nitrogens with two attached hydrogens (primary N) is 1. The van der Waals surface area contributed by atoms with E-state index in [0.29, 0.717) is 0 Å². The van der Waals surface area contributed by atoms with Gasteiger partial charge in [0.15, 0.2) is 0 Å². The number of amides is 1. The van der Waals surface area contributed by atoms with Gasteiger partial charge in [-0.25, -0.2) is 0 Å². The maximum absolute atomic E-state index is 11.9. The molecule has 2 aromatic carbocycles. The number of ether oxygens (including phenoxy) is 1. The fraction of sp³-hybridized carbons (Fsp3) is 0.188. The smallest absolute Gasteiger partial charge is 0.247 e. The summed E-state index contributed by atoms with van der Waals surface area (Å²) < 4.78 is 5.18. The number of carbonyl (C=O) groups excluding carboxylic acids is 1. The lowest BCUT2D eigenvalue weighted by molar-refractivity contribution is -0.122. The fourth-order valence-corrected chi connectivity index (χ4v) is 2.04. The number of anilines is 1. The highest BCUT2D eigenvalue weighted by molar-refractivity contribution is 5.89. The van der Waals surface area contributed by atoms with Gasteiger partial charge in [-0.05, 0) is 24.6 Å². The highest BCUT2D eigenvalue weighted by Crippen LogP contribution is 2.27. The van der Waals surface area contributed by atoms with Gasteiger partial charge >= 0.3 is 0 Å². The van der Waals surface area contributed by atoms with E-state index in [4.69, 9.17) is 10.5 Å². The van der Waals surface area contributed by atoms with Gasteiger partial charge in [-0.2, -0.15) is 0 Å². The molecule has 0 aromatic heterocycles. The van der Waals surface area contributed by atoms with Gasteiger partial charge in [-0.1, -0.05) is 36.4 Å². The Hall–Kier alpha value is -2.49. The van der Waals surface area contributed by atoms with Crippen LogP contribution in [0.2, 0.25) is 0 Å². The Morgan fingerprint density at radius 2 is 1.85 bits per heavy atom. The molecule has 1 amide bonds. The van der Waals surface area contributed by atoms with Crippen LogP contribution in [0, 0.1) is 0 Å². The number of hydrogen-bond acceptors (Lipinski definition) is 3. The Labute approximate surface area is 118 Å². The fourth-order valence-electron chi connectivity index (χ4n) is 2.04. The minimum atomic E-state index is -0.979. The van der Waals surface area contributed by atoms with E-state index >= 15 is 0 Å². The monoisotopic (exact) mass is 270 g/mol. The topological polar surface area (TPSA) is 64.3 Å². The normalized spacial score (nSPS) is 13.3. The Morgan fingerprint density at radius 3 is 2.45 bits per heavy atom. The lowest BCUT2D eigenvalue weighted by atomic mass is 9.91. The zero-order valence-electron chi connectivity index (χ0n) is 11.6. The molecule has 4 nitrogen and oxygen atoms in total. The number of carbonyl (C=O) groups is 1. The third-order valence-electron chi connectivity index (χ3n) is 3.31. The van der Waals surface area contributed by atoms with Gasteiger partial charge in [0, 0.05) is 11.8 Å². The van der Waals surface area contributed by atoms with Gasteiger partial charge in [0.25, 0.3) is 0 Å². The van der Waals surface area contributed by atoms with Crippen LogP contribution in [0.3, 0.4) is 0 Å². The second kappa shape index (κ2) is 5.65. The van der Waals surface area contributed by atoms with Crippen molar-refractivity contribution in [1.82, 2.24) is 0 Å². The Balaban J connectivity index is 2.37. The first-order valence-corrected chi connectivity index (χ1v) is 6.34. The minimum Gasteiger partial charge on any atom is -0.497 e. The average molecular weight is 270 g/mol. The van der Waals surface area contributed by atoms with Crippen LogP contribution >= 0.6 is 0 Å². The molecule has 0 aliphatic rings. The summed E-state index contributed by atoms with van der Waals surface area (Å²) in [6.45, 7) is 1.77. The van der Waals surface area contributed by atoms with E-state index in [1.54, 1.807) is 14.0 Å². The summed E-state index contributed by atoms with van der Waals surface area (Å²) in [5.41, 5.74) is 6.20. The van der Waals surface area contributed by atoms with Gasteiger partial charge in [0.2, 0.25) is 5.91 Å². The summed E-state index contributed by atoms with van der Waals surface area (Å²) in [5, 5.41) is 3.19. The Bertz CT molecular complexity index is 598. The van der Waals surface area contributed by atoms with Crippen molar-refractivity contribution in [3.8, 4) is 5.75 Å². The van der Waals surface area contributed by atoms with Gasteiger partial charge in [0.1, 0.15) is 11.3 Å². The standard InChI is InChI=1S/C16H18N2O2/c1-16(15(17)19,12-7-4-3-5-8-12)18-13-9-6-10-14(11-13)20-2/h3-11,18H,1-2H3,(H2,17,19). The first-order valence-electron chi connectivity index (χ1n) is 6.34. The van der Waals surface area contributed by atoms with Crippen molar-refractivity contribution in [3.63, 3.8) is 0 Å². The molecule has 0 heterocycles. The molecular weight excluding hydrogens is 252 g/mol. The molecule has 2 rings (SSSR count). The van der Waals surface area contributed by atoms with Crippen LogP contribution in [0.1, 0.15) is 12.5 Å². The van der Waals surface area contributed by atoms with Crippen molar-refractivity contribution in [1.29, 1.82) is 0 Å². The van der Waals surface area contributed by atoms with Gasteiger partial charge in [0.05, 0.1) is 7.11 Å². The molecule has 0 spiro atoms. The SMILES string of the molecule is COc1cccc(NC(C)(C(N)=O)c2ccccc2)c1. The summed E-state index contributed by atoms with van der Waals surface area (Å²) in [7, 11) is 1.60. The molecule has 2 aromatic rings. The lowest BCUT2D eigenvalue weighted by Gasteiger charge is -2.29. The Morgan fingerprint density at radius 1 is 1.15 bits per heavy atom. The van der Waals surface area contributed by atoms with E-state index < -0.39 is 11.4 Å². The highest BCUT2D eigenvalue weighted by Gasteiger charge is 2.33. The average Bonchev–Trinajstić information content (AvgIpc) is 2.48. The lowest BCUT2D eigenvalue weighted by Crippen LogP contribution is -2.45. The summed E-state index contributed by atoms with van der Waals surface area (Å²) in [5.74, 6) is 0.279. The maximum Gasteiger partial charge on any atom is 0.247 e. The van der Waals surface area contributed by atoms with Crippen molar-refractivity contribution in [2.75, 3.05) is 12.4 Å². The minimum absolute atomic E-state index is 0.438. The first kappa shape index (κ1) is 13.9. The molecule has 4 heteroatoms. The number of rotatable bonds is 5. The predicted octanol–water partition coefficient (Wildman–Crippen LogP) is 2.51. The molecule has 0 aliphatic carbocycles. The molecular formula is C16H18N2O2. The van der Waals surface area contributed by atoms with Crippen LogP contribution in [0.15, 0.2) is 54.6 Å². The van der Waals surface area contributed by atoms with Crippen molar-refractivity contribution in [2.24, 2.45) is 5.73 Å². The van der Waals surface area contributed by atoms with Crippen LogP contribution in [-0.2, 0) is 10.3 Å². The maximum atomic E-state index is 11.9. The molecule has 0 radical (unpaired) electrons. The number of benzene rings is 2. The van der Waals surface area contributed by atoms with E-state index in [0.717, 1.165) is 17.0 Å². The van der Waals surface area contributed by atoms with Gasteiger partial charge in [-0.3, -0.25) is 4.79 Å². The van der Waals surface area contributed by atoms with Gasteiger partial charge < -0.3 is 15.8 Å². The predicted molar refractivity (Wildman–Crippen MR) is 79.6 cm³/mol. The summed E-state index contributed by atoms with van der Waals surface area (Å²) in [6, 6.07) is 16.8. The number of nitrogens with one attached hydrogen (secondary N) is 1. The molecule has 0 aliphatic heterocycles. The third kappa shape index (κ3) is 2.74. The molecule has 20 heavy (non-hydrogen) atoms. The molecule has 104 valence electrons. The first-order chi connectivity index (χ1) is 9.56. The van der Waals surface area contributed by atoms with Crippen molar-refractivity contribution >= 4 is 11.6 Å². The molecule has 1 atom stereocenters. The molecule has 0 bridgehead atoms. The molecule has 0 fully saturated rings. The second-order valence-corrected chi connectivity index (χ2v) is 4.71. The van der Waals surface area contributed by atoms with E-state index in [1.807, 2.05) is 54.6 Å². The van der Waals surface area contributed by atoms with Crippen LogP contribution in [0.4, 0.5) is 5.69 Å². The van der Waals surface area contributed by atoms with E-state index in [1.165, 1.54) is 0 Å². The van der Waals surface area contributed by atoms with Crippen molar-refractivity contribution in [3.05, 3.63) is 60.2 Å². The van der Waals surface area contributed by atoms with Crippen molar-refractivity contribution < 1.29 is 9.53 Å².